The number of alkyl halides is 1. The predicted molar refractivity (Wildman–Crippen MR) is 152 cm³/mol. The van der Waals surface area contributed by atoms with E-state index in [2.05, 4.69) is 27.8 Å². The van der Waals surface area contributed by atoms with E-state index in [9.17, 15) is 19.1 Å². The number of nitrogens with one attached hydrogen (secondary N) is 2. The van der Waals surface area contributed by atoms with E-state index >= 15 is 0 Å². The molecular weight excluding hydrogens is 537 g/mol. The minimum absolute atomic E-state index is 0.174. The summed E-state index contributed by atoms with van der Waals surface area (Å²) in [6.45, 7) is 1.67. The summed E-state index contributed by atoms with van der Waals surface area (Å²) in [6.07, 6.45) is 7.00. The van der Waals surface area contributed by atoms with Crippen molar-refractivity contribution in [2.24, 2.45) is 0 Å². The third-order valence-electron chi connectivity index (χ3n) is 7.81. The Morgan fingerprint density at radius 3 is 2.80 bits per heavy atom. The molecule has 1 saturated carbocycles. The van der Waals surface area contributed by atoms with Gasteiger partial charge in [-0.15, -0.1) is 0 Å². The van der Waals surface area contributed by atoms with Gasteiger partial charge in [-0.3, -0.25) is 9.78 Å². The van der Waals surface area contributed by atoms with Crippen molar-refractivity contribution >= 4 is 29.3 Å². The number of rotatable bonds is 16. The number of amides is 1. The molecule has 2 aromatic rings. The number of anilines is 1. The van der Waals surface area contributed by atoms with Crippen LogP contribution in [-0.2, 0) is 32.6 Å². The van der Waals surface area contributed by atoms with Gasteiger partial charge in [0.15, 0.2) is 0 Å². The van der Waals surface area contributed by atoms with E-state index < -0.39 is 30.2 Å². The van der Waals surface area contributed by atoms with Crippen LogP contribution in [0.2, 0.25) is 5.02 Å². The Labute approximate surface area is 239 Å². The Hall–Kier alpha value is -2.82. The maximum absolute atomic E-state index is 13.5. The number of aromatic nitrogens is 2. The Kier molecular flexibility index (Phi) is 10.7. The second kappa shape index (κ2) is 14.2. The molecule has 1 fully saturated rings. The van der Waals surface area contributed by atoms with Crippen LogP contribution < -0.4 is 10.6 Å². The van der Waals surface area contributed by atoms with Crippen LogP contribution in [0.4, 0.5) is 10.2 Å². The number of aliphatic carboxylic acids is 1. The highest BCUT2D eigenvalue weighted by Crippen LogP contribution is 2.49. The standard InChI is InChI=1S/C29H39ClFN5O4/c1-40-22(18-31)19-36(16-3-2-7-21-10-9-20-6-4-15-33-26(20)34-21)17-11-24(27(37)38)35-28(39)29(12-13-29)25-23(30)8-5-14-32-25/h5,8-10,14,22,24H,2-4,6-7,11-13,15-19H2,1H3,(H,33,34)(H,35,39)(H,37,38). The van der Waals surface area contributed by atoms with Crippen LogP contribution >= 0.6 is 11.6 Å². The molecule has 1 amide bonds. The number of methoxy groups -OCH3 is 1. The molecule has 0 aromatic carbocycles. The summed E-state index contributed by atoms with van der Waals surface area (Å²) in [5, 5.41) is 16.3. The normalized spacial score (nSPS) is 17.0. The van der Waals surface area contributed by atoms with Gasteiger partial charge in [0.2, 0.25) is 5.91 Å². The number of carbonyl (C=O) groups is 2. The molecule has 0 spiro atoms. The topological polar surface area (TPSA) is 117 Å². The molecule has 9 nitrogen and oxygen atoms in total. The number of halogens is 2. The summed E-state index contributed by atoms with van der Waals surface area (Å²) in [7, 11) is 1.47. The van der Waals surface area contributed by atoms with Gasteiger partial charge in [-0.1, -0.05) is 17.7 Å². The summed E-state index contributed by atoms with van der Waals surface area (Å²) in [5.74, 6) is -0.508. The van der Waals surface area contributed by atoms with Crippen LogP contribution in [0, 0.1) is 0 Å². The maximum Gasteiger partial charge on any atom is 0.326 e. The fourth-order valence-electron chi connectivity index (χ4n) is 5.22. The van der Waals surface area contributed by atoms with Gasteiger partial charge in [-0.2, -0.15) is 0 Å². The highest BCUT2D eigenvalue weighted by atomic mass is 35.5. The van der Waals surface area contributed by atoms with Crippen molar-refractivity contribution in [3.63, 3.8) is 0 Å². The predicted octanol–water partition coefficient (Wildman–Crippen LogP) is 3.79. The van der Waals surface area contributed by atoms with Crippen molar-refractivity contribution in [2.45, 2.75) is 68.9 Å². The summed E-state index contributed by atoms with van der Waals surface area (Å²) in [5.41, 5.74) is 1.89. The number of hydrogen-bond acceptors (Lipinski definition) is 7. The lowest BCUT2D eigenvalue weighted by molar-refractivity contribution is -0.142. The van der Waals surface area contributed by atoms with Crippen LogP contribution in [0.15, 0.2) is 30.5 Å². The van der Waals surface area contributed by atoms with E-state index in [4.69, 9.17) is 21.3 Å². The first-order valence-corrected chi connectivity index (χ1v) is 14.4. The summed E-state index contributed by atoms with van der Waals surface area (Å²) in [4.78, 5) is 36.3. The maximum atomic E-state index is 13.5. The van der Waals surface area contributed by atoms with Crippen molar-refractivity contribution in [3.8, 4) is 0 Å². The molecule has 3 N–H and O–H groups in total. The lowest BCUT2D eigenvalue weighted by Crippen LogP contribution is -2.48. The Bertz CT molecular complexity index is 1160. The molecule has 1 aliphatic carbocycles. The Morgan fingerprint density at radius 1 is 1.27 bits per heavy atom. The minimum atomic E-state index is -1.11. The van der Waals surface area contributed by atoms with Crippen molar-refractivity contribution < 1.29 is 23.8 Å². The van der Waals surface area contributed by atoms with Gasteiger partial charge >= 0.3 is 5.97 Å². The third-order valence-corrected chi connectivity index (χ3v) is 8.12. The number of hydrogen-bond donors (Lipinski definition) is 3. The molecular formula is C29H39ClFN5O4. The molecule has 2 unspecified atom stereocenters. The molecule has 2 aromatic heterocycles. The zero-order valence-electron chi connectivity index (χ0n) is 23.0. The van der Waals surface area contributed by atoms with Crippen molar-refractivity contribution in [1.29, 1.82) is 0 Å². The molecule has 0 radical (unpaired) electrons. The van der Waals surface area contributed by atoms with E-state index in [1.807, 2.05) is 4.90 Å². The molecule has 218 valence electrons. The number of carbonyl (C=O) groups excluding carboxylic acids is 1. The Morgan fingerprint density at radius 2 is 2.10 bits per heavy atom. The SMILES string of the molecule is COC(CF)CN(CCCCc1ccc2c(n1)NCCC2)CCC(NC(=O)C1(c2ncccc2Cl)CC1)C(=O)O. The number of nitrogens with zero attached hydrogens (tertiary/aromatic N) is 3. The summed E-state index contributed by atoms with van der Waals surface area (Å²) >= 11 is 6.29. The average molecular weight is 576 g/mol. The lowest BCUT2D eigenvalue weighted by atomic mass is 9.99. The zero-order chi connectivity index (χ0) is 28.5. The number of carboxylic acid groups (broad SMARTS) is 1. The molecule has 2 aliphatic rings. The molecule has 1 aliphatic heterocycles. The second-order valence-corrected chi connectivity index (χ2v) is 11.1. The molecule has 4 rings (SSSR count). The van der Waals surface area contributed by atoms with Gasteiger partial charge in [-0.25, -0.2) is 14.2 Å². The van der Waals surface area contributed by atoms with Crippen LogP contribution in [0.1, 0.15) is 55.5 Å². The summed E-state index contributed by atoms with van der Waals surface area (Å²) in [6, 6.07) is 6.51. The Balaban J connectivity index is 1.32. The van der Waals surface area contributed by atoms with Crippen molar-refractivity contribution in [2.75, 3.05) is 45.3 Å². The number of aryl methyl sites for hydroxylation is 2. The number of unbranched alkanes of at least 4 members (excludes halogenated alkanes) is 1. The van der Waals surface area contributed by atoms with E-state index in [-0.39, 0.29) is 12.3 Å². The molecule has 0 saturated heterocycles. The first-order chi connectivity index (χ1) is 19.4. The quantitative estimate of drug-likeness (QED) is 0.259. The van der Waals surface area contributed by atoms with Crippen LogP contribution in [0.3, 0.4) is 0 Å². The van der Waals surface area contributed by atoms with Crippen LogP contribution in [-0.4, -0.2) is 84.0 Å². The lowest BCUT2D eigenvalue weighted by Gasteiger charge is -2.27. The van der Waals surface area contributed by atoms with E-state index in [0.29, 0.717) is 43.2 Å². The monoisotopic (exact) mass is 575 g/mol. The van der Waals surface area contributed by atoms with Crippen LogP contribution in [0.25, 0.3) is 0 Å². The van der Waals surface area contributed by atoms with E-state index in [1.54, 1.807) is 18.3 Å². The first-order valence-electron chi connectivity index (χ1n) is 14.0. The van der Waals surface area contributed by atoms with Gasteiger partial charge in [0.05, 0.1) is 22.2 Å². The highest BCUT2D eigenvalue weighted by Gasteiger charge is 2.54. The number of pyridine rings is 2. The average Bonchev–Trinajstić information content (AvgIpc) is 3.77. The van der Waals surface area contributed by atoms with E-state index in [0.717, 1.165) is 50.2 Å². The molecule has 40 heavy (non-hydrogen) atoms. The largest absolute Gasteiger partial charge is 0.480 e. The molecule has 3 heterocycles. The number of ether oxygens (including phenoxy) is 1. The van der Waals surface area contributed by atoms with Crippen molar-refractivity contribution in [3.05, 3.63) is 52.4 Å². The third kappa shape index (κ3) is 7.67. The van der Waals surface area contributed by atoms with Gasteiger partial charge in [0.25, 0.3) is 0 Å². The van der Waals surface area contributed by atoms with Gasteiger partial charge in [0.1, 0.15) is 18.5 Å². The zero-order valence-corrected chi connectivity index (χ0v) is 23.8. The summed E-state index contributed by atoms with van der Waals surface area (Å²) < 4.78 is 18.7. The van der Waals surface area contributed by atoms with E-state index in [1.165, 1.54) is 12.7 Å². The van der Waals surface area contributed by atoms with Gasteiger partial charge in [-0.05, 0) is 81.7 Å². The first kappa shape index (κ1) is 30.1. The fourth-order valence-corrected chi connectivity index (χ4v) is 5.52. The second-order valence-electron chi connectivity index (χ2n) is 10.7. The number of fused-ring (bicyclic) bond motifs is 1. The molecule has 0 bridgehead atoms. The molecule has 11 heteroatoms. The van der Waals surface area contributed by atoms with Gasteiger partial charge < -0.3 is 25.4 Å². The van der Waals surface area contributed by atoms with Crippen molar-refractivity contribution in [1.82, 2.24) is 20.2 Å². The highest BCUT2D eigenvalue weighted by molar-refractivity contribution is 6.31. The number of carboxylic acids is 1. The molecule has 2 atom stereocenters. The minimum Gasteiger partial charge on any atom is -0.480 e. The smallest absolute Gasteiger partial charge is 0.326 e. The van der Waals surface area contributed by atoms with Gasteiger partial charge in [0, 0.05) is 38.6 Å². The van der Waals surface area contributed by atoms with Crippen LogP contribution in [0.5, 0.6) is 0 Å². The fraction of sp³-hybridized carbons (Fsp3) is 0.586.